The first-order valence-electron chi connectivity index (χ1n) is 27.0. The van der Waals surface area contributed by atoms with E-state index in [0.29, 0.717) is 112 Å². The van der Waals surface area contributed by atoms with Crippen molar-refractivity contribution in [3.8, 4) is 23.5 Å². The zero-order valence-corrected chi connectivity index (χ0v) is 46.9. The average Bonchev–Trinajstić information content (AvgIpc) is 4.01. The van der Waals surface area contributed by atoms with Crippen molar-refractivity contribution in [3.05, 3.63) is 65.2 Å². The molecule has 0 unspecified atom stereocenters. The Morgan fingerprint density at radius 1 is 0.753 bits per heavy atom. The van der Waals surface area contributed by atoms with Crippen LogP contribution in [-0.4, -0.2) is 176 Å². The summed E-state index contributed by atoms with van der Waals surface area (Å²) in [6, 6.07) is 8.88. The summed E-state index contributed by atoms with van der Waals surface area (Å²) in [5, 5.41) is 18.7. The molecule has 26 nitrogen and oxygen atoms in total. The first kappa shape index (κ1) is 65.6. The van der Waals surface area contributed by atoms with Gasteiger partial charge in [0.1, 0.15) is 12.1 Å². The van der Waals surface area contributed by atoms with Crippen LogP contribution < -0.4 is 41.6 Å². The quantitative estimate of drug-likeness (QED) is 0.0212. The van der Waals surface area contributed by atoms with Crippen molar-refractivity contribution in [1.29, 1.82) is 0 Å². The van der Waals surface area contributed by atoms with Crippen molar-refractivity contribution < 1.29 is 76.6 Å². The molecule has 444 valence electrons. The number of fused-ring (bicyclic) bond motifs is 1. The number of unbranched alkanes of at least 4 members (excludes halogenated alkanes) is 1. The fourth-order valence-electron chi connectivity index (χ4n) is 7.60. The number of imidazole rings is 1. The minimum Gasteiger partial charge on any atom is -0.493 e. The molecule has 0 aliphatic carbocycles. The summed E-state index contributed by atoms with van der Waals surface area (Å²) in [5.41, 5.74) is 13.8. The standard InChI is InChI=1S/C55H78N10O16/c1-6-9-28-81-54-62-49(57)48-50(63-54)64(55(73)61-48)36-39-14-18-40(19-15-39)51(70)59-25-12-27-76-31-33-77-32-30-75-26-11-24-58-44(66)13-10-29-80-42-21-16-38(34-43(42)74-5)17-22-46(68)65(52(71)37(4)60-45(67)35-56)41(53(72)79-8-3)20-23-47(69)78-7-2/h14-19,21-22,34,37,41H,6-13,20,23-33,35-36,56H2,1-5H3,(H,58,66)(H,59,70)(H,60,67)(H,61,73)(H2,57,62,63)/b22-17+/t37-,41-/m1/s1. The number of carbonyl (C=O) groups is 7. The van der Waals surface area contributed by atoms with Gasteiger partial charge in [0.15, 0.2) is 28.5 Å². The molecule has 2 heterocycles. The Labute approximate surface area is 470 Å². The minimum absolute atomic E-state index is 0.0664. The SMILES string of the molecule is CCCCOc1nc(N)c2nc(O)n(Cc3ccc(C(=O)NCCCOCCOCCOCCCNC(=O)CCCOc4ccc(/C=C/C(=O)N(C(=O)[C@@H](C)NC(=O)CN)[C@H](CCC(=O)OCC)C(=O)OCC)cc4OC)cc3)c2n1. The van der Waals surface area contributed by atoms with E-state index in [0.717, 1.165) is 24.5 Å². The van der Waals surface area contributed by atoms with Gasteiger partial charge in [0.25, 0.3) is 23.7 Å². The van der Waals surface area contributed by atoms with Crippen LogP contribution in [0.25, 0.3) is 17.2 Å². The van der Waals surface area contributed by atoms with Crippen LogP contribution in [0.2, 0.25) is 0 Å². The number of nitrogens with zero attached hydrogens (tertiary/aromatic N) is 5. The number of esters is 2. The molecule has 2 aromatic heterocycles. The first-order chi connectivity index (χ1) is 39.1. The van der Waals surface area contributed by atoms with Crippen LogP contribution in [0.4, 0.5) is 5.82 Å². The van der Waals surface area contributed by atoms with E-state index >= 15 is 0 Å². The molecule has 5 amide bonds. The predicted molar refractivity (Wildman–Crippen MR) is 296 cm³/mol. The number of rotatable bonds is 39. The lowest BCUT2D eigenvalue weighted by molar-refractivity contribution is -0.161. The number of imide groups is 1. The van der Waals surface area contributed by atoms with Crippen molar-refractivity contribution in [2.24, 2.45) is 5.73 Å². The molecular weight excluding hydrogens is 1060 g/mol. The normalized spacial score (nSPS) is 11.9. The summed E-state index contributed by atoms with van der Waals surface area (Å²) in [4.78, 5) is 103. The number of methoxy groups -OCH3 is 1. The second-order valence-corrected chi connectivity index (χ2v) is 18.0. The molecule has 81 heavy (non-hydrogen) atoms. The molecule has 8 N–H and O–H groups in total. The van der Waals surface area contributed by atoms with Crippen LogP contribution in [-0.2, 0) is 59.0 Å². The lowest BCUT2D eigenvalue weighted by atomic mass is 10.1. The van der Waals surface area contributed by atoms with Crippen molar-refractivity contribution >= 4 is 64.5 Å². The smallest absolute Gasteiger partial charge is 0.329 e. The second kappa shape index (κ2) is 36.3. The molecule has 4 aromatic rings. The van der Waals surface area contributed by atoms with Gasteiger partial charge in [-0.2, -0.15) is 15.0 Å². The highest BCUT2D eigenvalue weighted by molar-refractivity contribution is 6.07. The van der Waals surface area contributed by atoms with Crippen LogP contribution >= 0.6 is 0 Å². The lowest BCUT2D eigenvalue weighted by Gasteiger charge is -2.30. The highest BCUT2D eigenvalue weighted by Gasteiger charge is 2.38. The molecule has 0 saturated carbocycles. The van der Waals surface area contributed by atoms with E-state index in [1.54, 1.807) is 56.3 Å². The van der Waals surface area contributed by atoms with Crippen LogP contribution in [0, 0.1) is 0 Å². The monoisotopic (exact) mass is 1130 g/mol. The summed E-state index contributed by atoms with van der Waals surface area (Å²) in [5.74, 6) is -3.65. The molecule has 0 aliphatic rings. The van der Waals surface area contributed by atoms with Gasteiger partial charge in [-0.05, 0) is 94.3 Å². The summed E-state index contributed by atoms with van der Waals surface area (Å²) in [6.45, 7) is 10.3. The van der Waals surface area contributed by atoms with Gasteiger partial charge in [-0.15, -0.1) is 0 Å². The largest absolute Gasteiger partial charge is 0.493 e. The number of anilines is 1. The van der Waals surface area contributed by atoms with E-state index in [9.17, 15) is 38.7 Å². The third kappa shape index (κ3) is 22.6. The van der Waals surface area contributed by atoms with E-state index < -0.39 is 48.3 Å². The zero-order valence-electron chi connectivity index (χ0n) is 46.9. The minimum atomic E-state index is -1.52. The molecule has 0 fully saturated rings. The number of ether oxygens (including phenoxy) is 8. The molecule has 0 spiro atoms. The summed E-state index contributed by atoms with van der Waals surface area (Å²) >= 11 is 0. The van der Waals surface area contributed by atoms with Crippen molar-refractivity contribution in [2.75, 3.05) is 98.5 Å². The van der Waals surface area contributed by atoms with Gasteiger partial charge in [0.05, 0.1) is 73.1 Å². The molecule has 4 rings (SSSR count). The predicted octanol–water partition coefficient (Wildman–Crippen LogP) is 2.99. The second-order valence-electron chi connectivity index (χ2n) is 18.0. The Bertz CT molecular complexity index is 2690. The summed E-state index contributed by atoms with van der Waals surface area (Å²) < 4.78 is 45.4. The van der Waals surface area contributed by atoms with E-state index in [-0.39, 0.29) is 80.8 Å². The van der Waals surface area contributed by atoms with E-state index in [1.165, 1.54) is 24.7 Å². The zero-order chi connectivity index (χ0) is 58.9. The number of aromatic nitrogens is 4. The Morgan fingerprint density at radius 2 is 1.42 bits per heavy atom. The Kier molecular flexibility index (Phi) is 29.4. The first-order valence-corrected chi connectivity index (χ1v) is 27.0. The number of nitrogen functional groups attached to an aromatic ring is 1. The molecule has 0 aliphatic heterocycles. The van der Waals surface area contributed by atoms with Crippen molar-refractivity contribution in [1.82, 2.24) is 40.4 Å². The maximum absolute atomic E-state index is 13.7. The van der Waals surface area contributed by atoms with Crippen LogP contribution in [0.3, 0.4) is 0 Å². The van der Waals surface area contributed by atoms with E-state index in [1.807, 2.05) is 6.92 Å². The molecule has 2 aromatic carbocycles. The molecule has 2 atom stereocenters. The van der Waals surface area contributed by atoms with Gasteiger partial charge in [0, 0.05) is 50.8 Å². The molecule has 0 bridgehead atoms. The number of nitrogens with one attached hydrogen (secondary N) is 3. The van der Waals surface area contributed by atoms with Gasteiger partial charge in [0.2, 0.25) is 11.8 Å². The third-order valence-corrected chi connectivity index (χ3v) is 11.8. The molecule has 0 saturated heterocycles. The number of nitrogens with two attached hydrogens (primary N) is 2. The Hall–Kier alpha value is -7.94. The van der Waals surface area contributed by atoms with Gasteiger partial charge in [-0.1, -0.05) is 31.5 Å². The lowest BCUT2D eigenvalue weighted by Crippen LogP contribution is -2.55. The highest BCUT2D eigenvalue weighted by atomic mass is 16.5. The average molecular weight is 1140 g/mol. The van der Waals surface area contributed by atoms with Gasteiger partial charge in [-0.25, -0.2) is 4.79 Å². The number of amides is 5. The van der Waals surface area contributed by atoms with E-state index in [4.69, 9.17) is 49.4 Å². The van der Waals surface area contributed by atoms with Crippen molar-refractivity contribution in [2.45, 2.75) is 97.7 Å². The number of hydrogen-bond acceptors (Lipinski definition) is 21. The summed E-state index contributed by atoms with van der Waals surface area (Å²) in [6.07, 6.45) is 5.49. The maximum atomic E-state index is 13.7. The number of carbonyl (C=O) groups excluding carboxylic acids is 7. The highest BCUT2D eigenvalue weighted by Crippen LogP contribution is 2.29. The Morgan fingerprint density at radius 3 is 2.07 bits per heavy atom. The fourth-order valence-corrected chi connectivity index (χ4v) is 7.60. The molecule has 26 heteroatoms. The third-order valence-electron chi connectivity index (χ3n) is 11.8. The van der Waals surface area contributed by atoms with Crippen LogP contribution in [0.1, 0.15) is 101 Å². The maximum Gasteiger partial charge on any atom is 0.329 e. The fraction of sp³-hybridized carbons (Fsp3) is 0.527. The number of benzene rings is 2. The van der Waals surface area contributed by atoms with Gasteiger partial charge in [-0.3, -0.25) is 38.2 Å². The topological polar surface area (TPSA) is 349 Å². The summed E-state index contributed by atoms with van der Waals surface area (Å²) in [7, 11) is 1.43. The number of aromatic hydroxyl groups is 1. The molecular formula is C55H78N10O16. The van der Waals surface area contributed by atoms with Gasteiger partial charge >= 0.3 is 17.9 Å². The van der Waals surface area contributed by atoms with Crippen LogP contribution in [0.15, 0.2) is 48.5 Å². The van der Waals surface area contributed by atoms with E-state index in [2.05, 4.69) is 30.9 Å². The van der Waals surface area contributed by atoms with Gasteiger partial charge < -0.3 is 70.4 Å². The number of hydrogen-bond donors (Lipinski definition) is 6. The van der Waals surface area contributed by atoms with Crippen LogP contribution in [0.5, 0.6) is 23.5 Å². The van der Waals surface area contributed by atoms with Crippen molar-refractivity contribution in [3.63, 3.8) is 0 Å². The molecule has 0 radical (unpaired) electrons. The Balaban J connectivity index is 1.05.